The van der Waals surface area contributed by atoms with E-state index < -0.39 is 5.97 Å². The van der Waals surface area contributed by atoms with Crippen molar-refractivity contribution in [2.24, 2.45) is 4.99 Å². The van der Waals surface area contributed by atoms with Crippen LogP contribution in [0.15, 0.2) is 59.2 Å². The Hall–Kier alpha value is -2.59. The summed E-state index contributed by atoms with van der Waals surface area (Å²) in [5.41, 5.74) is 1.83. The number of carbonyl (C=O) groups excluding carboxylic acids is 1. The highest BCUT2D eigenvalue weighted by Crippen LogP contribution is 2.21. The van der Waals surface area contributed by atoms with Crippen molar-refractivity contribution in [2.75, 3.05) is 6.61 Å². The maximum absolute atomic E-state index is 12.0. The third kappa shape index (κ3) is 4.48. The minimum atomic E-state index is -0.465. The Morgan fingerprint density at radius 2 is 1.84 bits per heavy atom. The lowest BCUT2D eigenvalue weighted by Gasteiger charge is -2.05. The summed E-state index contributed by atoms with van der Waals surface area (Å²) in [4.78, 5) is 16.3. The molecule has 0 unspecified atom stereocenters. The van der Waals surface area contributed by atoms with E-state index in [4.69, 9.17) is 21.1 Å². The van der Waals surface area contributed by atoms with Crippen LogP contribution in [0, 0.1) is 0 Å². The van der Waals surface area contributed by atoms with Crippen LogP contribution >= 0.6 is 11.6 Å². The first-order valence-corrected chi connectivity index (χ1v) is 8.55. The van der Waals surface area contributed by atoms with Gasteiger partial charge in [-0.05, 0) is 54.5 Å². The predicted molar refractivity (Wildman–Crippen MR) is 98.9 cm³/mol. The van der Waals surface area contributed by atoms with Crippen molar-refractivity contribution in [2.45, 2.75) is 19.8 Å². The van der Waals surface area contributed by atoms with Crippen LogP contribution < -0.4 is 4.74 Å². The van der Waals surface area contributed by atoms with Gasteiger partial charge in [0.05, 0.1) is 6.61 Å². The fraction of sp³-hybridized carbons (Fsp3) is 0.200. The number of carbonyl (C=O) groups is 1. The molecule has 2 aromatic carbocycles. The molecule has 0 saturated carbocycles. The topological polar surface area (TPSA) is 47.9 Å². The first kappa shape index (κ1) is 17.2. The molecular weight excluding hydrogens is 338 g/mol. The molecule has 128 valence electrons. The molecule has 3 rings (SSSR count). The van der Waals surface area contributed by atoms with Crippen LogP contribution in [-0.2, 0) is 9.53 Å². The number of benzene rings is 2. The summed E-state index contributed by atoms with van der Waals surface area (Å²) >= 11 is 5.86. The lowest BCUT2D eigenvalue weighted by Crippen LogP contribution is -2.05. The zero-order valence-electron chi connectivity index (χ0n) is 13.9. The van der Waals surface area contributed by atoms with Crippen molar-refractivity contribution >= 4 is 29.5 Å². The molecule has 2 aromatic rings. The maximum atomic E-state index is 12.0. The fourth-order valence-electron chi connectivity index (χ4n) is 2.28. The highest BCUT2D eigenvalue weighted by atomic mass is 35.5. The molecule has 1 heterocycles. The average Bonchev–Trinajstić information content (AvgIpc) is 2.98. The number of hydrogen-bond donors (Lipinski definition) is 0. The normalized spacial score (nSPS) is 15.2. The van der Waals surface area contributed by atoms with Crippen molar-refractivity contribution in [1.82, 2.24) is 0 Å². The molecule has 0 spiro atoms. The first-order chi connectivity index (χ1) is 12.2. The summed E-state index contributed by atoms with van der Waals surface area (Å²) in [6.45, 7) is 2.81. The van der Waals surface area contributed by atoms with Crippen LogP contribution in [-0.4, -0.2) is 18.5 Å². The van der Waals surface area contributed by atoms with E-state index in [1.807, 2.05) is 36.4 Å². The maximum Gasteiger partial charge on any atom is 0.363 e. The number of hydrogen-bond acceptors (Lipinski definition) is 4. The van der Waals surface area contributed by atoms with Gasteiger partial charge >= 0.3 is 5.97 Å². The Balaban J connectivity index is 1.74. The van der Waals surface area contributed by atoms with Gasteiger partial charge in [0, 0.05) is 10.6 Å². The summed E-state index contributed by atoms with van der Waals surface area (Å²) < 4.78 is 10.9. The molecular formula is C20H18ClNO3. The fourth-order valence-corrected chi connectivity index (χ4v) is 2.40. The van der Waals surface area contributed by atoms with E-state index >= 15 is 0 Å². The van der Waals surface area contributed by atoms with Crippen molar-refractivity contribution in [3.8, 4) is 5.75 Å². The van der Waals surface area contributed by atoms with Gasteiger partial charge in [0.15, 0.2) is 5.70 Å². The minimum absolute atomic E-state index is 0.264. The minimum Gasteiger partial charge on any atom is -0.494 e. The quantitative estimate of drug-likeness (QED) is 0.422. The highest BCUT2D eigenvalue weighted by Gasteiger charge is 2.24. The number of aliphatic imine (C=N–C) groups is 1. The van der Waals surface area contributed by atoms with E-state index in [1.54, 1.807) is 18.2 Å². The van der Waals surface area contributed by atoms with Gasteiger partial charge < -0.3 is 9.47 Å². The summed E-state index contributed by atoms with van der Waals surface area (Å²) in [5.74, 6) is 0.623. The molecule has 0 bridgehead atoms. The third-order valence-corrected chi connectivity index (χ3v) is 3.91. The van der Waals surface area contributed by atoms with Crippen molar-refractivity contribution in [1.29, 1.82) is 0 Å². The van der Waals surface area contributed by atoms with Crippen molar-refractivity contribution in [3.05, 3.63) is 70.4 Å². The molecule has 5 heteroatoms. The molecule has 1 aliphatic heterocycles. The molecule has 1 aliphatic rings. The molecule has 0 radical (unpaired) electrons. The molecule has 0 aromatic heterocycles. The SMILES string of the molecule is CCCCOc1ccc(C2=N/C(=C\c3ccc(Cl)cc3)C(=O)O2)cc1. The zero-order chi connectivity index (χ0) is 17.6. The molecule has 0 aliphatic carbocycles. The number of halogens is 1. The second-order valence-electron chi connectivity index (χ2n) is 5.61. The van der Waals surface area contributed by atoms with Crippen LogP contribution in [0.4, 0.5) is 0 Å². The molecule has 0 fully saturated rings. The molecule has 4 nitrogen and oxygen atoms in total. The second kappa shape index (κ2) is 7.99. The predicted octanol–water partition coefficient (Wildman–Crippen LogP) is 4.86. The Kier molecular flexibility index (Phi) is 5.51. The summed E-state index contributed by atoms with van der Waals surface area (Å²) in [7, 11) is 0. The van der Waals surface area contributed by atoms with Crippen LogP contribution in [0.25, 0.3) is 6.08 Å². The van der Waals surface area contributed by atoms with Gasteiger partial charge in [0.1, 0.15) is 5.75 Å². The van der Waals surface area contributed by atoms with E-state index in [2.05, 4.69) is 11.9 Å². The summed E-state index contributed by atoms with van der Waals surface area (Å²) in [6.07, 6.45) is 3.78. The number of nitrogens with zero attached hydrogens (tertiary/aromatic N) is 1. The van der Waals surface area contributed by atoms with E-state index in [9.17, 15) is 4.79 Å². The largest absolute Gasteiger partial charge is 0.494 e. The first-order valence-electron chi connectivity index (χ1n) is 8.17. The van der Waals surface area contributed by atoms with E-state index in [1.165, 1.54) is 0 Å². The van der Waals surface area contributed by atoms with Crippen LogP contribution in [0.1, 0.15) is 30.9 Å². The van der Waals surface area contributed by atoms with Crippen molar-refractivity contribution < 1.29 is 14.3 Å². The Morgan fingerprint density at radius 1 is 1.12 bits per heavy atom. The number of rotatable bonds is 6. The number of esters is 1. The van der Waals surface area contributed by atoms with E-state index in [-0.39, 0.29) is 5.70 Å². The van der Waals surface area contributed by atoms with Crippen LogP contribution in [0.5, 0.6) is 5.75 Å². The lowest BCUT2D eigenvalue weighted by molar-refractivity contribution is -0.129. The Bertz CT molecular complexity index is 808. The molecule has 25 heavy (non-hydrogen) atoms. The third-order valence-electron chi connectivity index (χ3n) is 3.66. The van der Waals surface area contributed by atoms with Gasteiger partial charge in [0.2, 0.25) is 5.90 Å². The van der Waals surface area contributed by atoms with Gasteiger partial charge in [-0.1, -0.05) is 37.1 Å². The summed E-state index contributed by atoms with van der Waals surface area (Å²) in [6, 6.07) is 14.5. The molecule has 0 amide bonds. The van der Waals surface area contributed by atoms with Gasteiger partial charge in [0.25, 0.3) is 0 Å². The Morgan fingerprint density at radius 3 is 2.52 bits per heavy atom. The zero-order valence-corrected chi connectivity index (χ0v) is 14.6. The van der Waals surface area contributed by atoms with Gasteiger partial charge in [-0.2, -0.15) is 0 Å². The Labute approximate surface area is 151 Å². The van der Waals surface area contributed by atoms with Crippen LogP contribution in [0.3, 0.4) is 0 Å². The molecule has 0 saturated heterocycles. The van der Waals surface area contributed by atoms with E-state index in [0.717, 1.165) is 29.7 Å². The molecule has 0 N–H and O–H groups in total. The number of cyclic esters (lactones) is 1. The van der Waals surface area contributed by atoms with Crippen LogP contribution in [0.2, 0.25) is 5.02 Å². The highest BCUT2D eigenvalue weighted by molar-refractivity contribution is 6.30. The molecule has 0 atom stereocenters. The summed E-state index contributed by atoms with van der Waals surface area (Å²) in [5, 5.41) is 0.640. The monoisotopic (exact) mass is 355 g/mol. The number of ether oxygens (including phenoxy) is 2. The lowest BCUT2D eigenvalue weighted by atomic mass is 10.2. The average molecular weight is 356 g/mol. The van der Waals surface area contributed by atoms with Gasteiger partial charge in [-0.15, -0.1) is 0 Å². The number of unbranched alkanes of at least 4 members (excludes halogenated alkanes) is 1. The second-order valence-corrected chi connectivity index (χ2v) is 6.05. The van der Waals surface area contributed by atoms with Gasteiger partial charge in [-0.25, -0.2) is 9.79 Å². The van der Waals surface area contributed by atoms with Crippen molar-refractivity contribution in [3.63, 3.8) is 0 Å². The smallest absolute Gasteiger partial charge is 0.363 e. The van der Waals surface area contributed by atoms with E-state index in [0.29, 0.717) is 17.5 Å². The van der Waals surface area contributed by atoms with Gasteiger partial charge in [-0.3, -0.25) is 0 Å². The standard InChI is InChI=1S/C20H18ClNO3/c1-2-3-12-24-17-10-6-15(7-11-17)19-22-18(20(23)25-19)13-14-4-8-16(21)9-5-14/h4-11,13H,2-3,12H2,1H3/b18-13-.